The van der Waals surface area contributed by atoms with Crippen molar-refractivity contribution < 1.29 is 92.7 Å². The fourth-order valence-corrected chi connectivity index (χ4v) is 4.56. The van der Waals surface area contributed by atoms with Crippen molar-refractivity contribution in [3.8, 4) is 22.6 Å². The molecule has 2 nitrogen and oxygen atoms in total. The highest BCUT2D eigenvalue weighted by atomic mass is 19.2. The number of allylic oxidation sites excluding steroid dienone is 1. The molecule has 0 heterocycles. The topological polar surface area (TPSA) is 18.5 Å². The Bertz CT molecular complexity index is 2120. The second kappa shape index (κ2) is 11.8. The Kier molecular flexibility index (Phi) is 8.51. The maximum Gasteiger partial charge on any atom is 0.647 e. The zero-order chi connectivity index (χ0) is 36.8. The molecule has 22 heteroatoms. The first-order valence-electron chi connectivity index (χ1n) is 12.2. The average molecular weight is 730 g/mol. The zero-order valence-corrected chi connectivity index (χ0v) is 22.2. The number of hydrogen-bond donors (Lipinski definition) is 0. The van der Waals surface area contributed by atoms with Crippen molar-refractivity contribution >= 4 is 12.9 Å². The lowest BCUT2D eigenvalue weighted by Crippen LogP contribution is -2.50. The lowest BCUT2D eigenvalue weighted by atomic mass is 9.64. The van der Waals surface area contributed by atoms with Gasteiger partial charge in [-0.3, -0.25) is 0 Å². The molecule has 0 spiro atoms. The Morgan fingerprint density at radius 3 is 1.37 bits per heavy atom. The van der Waals surface area contributed by atoms with Crippen molar-refractivity contribution in [2.75, 3.05) is 0 Å². The Morgan fingerprint density at radius 2 is 0.837 bits per heavy atom. The zero-order valence-electron chi connectivity index (χ0n) is 22.2. The Labute approximate surface area is 256 Å². The van der Waals surface area contributed by atoms with Crippen LogP contribution >= 0.6 is 0 Å². The molecule has 0 aromatic heterocycles. The van der Waals surface area contributed by atoms with Crippen molar-refractivity contribution in [3.05, 3.63) is 122 Å². The van der Waals surface area contributed by atoms with Crippen LogP contribution in [0.1, 0.15) is 11.1 Å². The van der Waals surface area contributed by atoms with Gasteiger partial charge in [0, 0.05) is 5.56 Å². The highest BCUT2D eigenvalue weighted by molar-refractivity contribution is 6.51. The van der Waals surface area contributed by atoms with Gasteiger partial charge in [-0.15, -0.1) is 0 Å². The van der Waals surface area contributed by atoms with E-state index < -0.39 is 151 Å². The summed E-state index contributed by atoms with van der Waals surface area (Å²) in [7, 11) is -4.34. The molecule has 0 bridgehead atoms. The van der Waals surface area contributed by atoms with Crippen molar-refractivity contribution in [2.45, 2.75) is 5.57 Å². The fraction of sp³-hybridized carbons (Fsp3) is 0.0370. The first-order valence-corrected chi connectivity index (χ1v) is 12.2. The third kappa shape index (κ3) is 4.84. The van der Waals surface area contributed by atoms with Gasteiger partial charge in [0.05, 0.1) is 16.7 Å². The highest BCUT2D eigenvalue weighted by Gasteiger charge is 2.66. The van der Waals surface area contributed by atoms with E-state index in [1.165, 1.54) is 0 Å². The highest BCUT2D eigenvalue weighted by Crippen LogP contribution is 2.54. The van der Waals surface area contributed by atoms with Crippen molar-refractivity contribution in [1.82, 2.24) is 0 Å². The molecule has 258 valence electrons. The first-order chi connectivity index (χ1) is 22.7. The van der Waals surface area contributed by atoms with Crippen LogP contribution < -0.4 is 9.31 Å². The van der Waals surface area contributed by atoms with E-state index >= 15 is 17.6 Å². The Morgan fingerprint density at radius 1 is 0.408 bits per heavy atom. The van der Waals surface area contributed by atoms with Gasteiger partial charge >= 0.3 is 7.12 Å². The Balaban J connectivity index is 1.90. The minimum absolute atomic E-state index is 0.0988. The molecule has 4 aromatic rings. The molecule has 4 aromatic carbocycles. The van der Waals surface area contributed by atoms with E-state index in [0.717, 1.165) is 0 Å². The molecule has 49 heavy (non-hydrogen) atoms. The number of fused-ring (bicyclic) bond motifs is 1. The van der Waals surface area contributed by atoms with Crippen LogP contribution in [0.15, 0.2) is 18.0 Å². The molecule has 0 aliphatic heterocycles. The van der Waals surface area contributed by atoms with Gasteiger partial charge in [0.15, 0.2) is 87.2 Å². The van der Waals surface area contributed by atoms with E-state index in [4.69, 9.17) is 0 Å². The summed E-state index contributed by atoms with van der Waals surface area (Å²) < 4.78 is 285. The standard InChI is InChI=1S/C27H2BF19O2/c29-3-1-2-4(10(31)9(3)30)48-28(27(47)8-7(15(36)26(27)46)14(35)20(41)21(42)16(8)37)49-25-6(13(34)19(40)23(44)24(25)45)5-11(32)17(38)22(43)18(39)12(5)33/h1-2H. The van der Waals surface area contributed by atoms with Gasteiger partial charge < -0.3 is 9.31 Å². The van der Waals surface area contributed by atoms with Gasteiger partial charge in [-0.05, 0) is 12.1 Å². The number of hydrogen-bond acceptors (Lipinski definition) is 2. The summed E-state index contributed by atoms with van der Waals surface area (Å²) in [6, 6.07) is -0.199. The smallest absolute Gasteiger partial charge is 0.521 e. The quantitative estimate of drug-likeness (QED) is 0.0853. The molecular formula is C27H2BF19O2. The summed E-state index contributed by atoms with van der Waals surface area (Å²) in [5.41, 5.74) is -16.2. The monoisotopic (exact) mass is 730 g/mol. The average Bonchev–Trinajstić information content (AvgIpc) is 3.28. The van der Waals surface area contributed by atoms with E-state index in [1.807, 2.05) is 0 Å². The number of alkyl halides is 1. The van der Waals surface area contributed by atoms with Gasteiger partial charge in [-0.25, -0.2) is 74.6 Å². The summed E-state index contributed by atoms with van der Waals surface area (Å²) in [5.74, 6) is -58.6. The third-order valence-corrected chi connectivity index (χ3v) is 6.83. The number of halogens is 19. The largest absolute Gasteiger partial charge is 0.647 e. The van der Waals surface area contributed by atoms with Gasteiger partial charge in [-0.1, -0.05) is 0 Å². The maximum atomic E-state index is 16.7. The lowest BCUT2D eigenvalue weighted by molar-refractivity contribution is 0.204. The summed E-state index contributed by atoms with van der Waals surface area (Å²) >= 11 is 0. The third-order valence-electron chi connectivity index (χ3n) is 6.83. The molecule has 0 radical (unpaired) electrons. The van der Waals surface area contributed by atoms with Crippen molar-refractivity contribution in [2.24, 2.45) is 0 Å². The minimum Gasteiger partial charge on any atom is -0.521 e. The molecule has 1 aliphatic rings. The summed E-state index contributed by atoms with van der Waals surface area (Å²) in [4.78, 5) is 0. The fourth-order valence-electron chi connectivity index (χ4n) is 4.56. The van der Waals surface area contributed by atoms with E-state index in [0.29, 0.717) is 0 Å². The molecule has 0 saturated carbocycles. The van der Waals surface area contributed by atoms with E-state index in [9.17, 15) is 65.9 Å². The van der Waals surface area contributed by atoms with Crippen LogP contribution in [0.2, 0.25) is 0 Å². The van der Waals surface area contributed by atoms with Gasteiger partial charge in [0.1, 0.15) is 5.75 Å². The maximum absolute atomic E-state index is 16.7. The molecular weight excluding hydrogens is 728 g/mol. The van der Waals surface area contributed by atoms with E-state index in [2.05, 4.69) is 9.31 Å². The SMILES string of the molecule is FC1=C(F)C(F)(B(Oc2ccc(F)c(F)c2F)Oc2c(F)c(F)c(F)c(F)c2-c2c(F)c(F)c(F)c(F)c2F)c2c(F)c(F)c(F)c(F)c21. The molecule has 1 atom stereocenters. The van der Waals surface area contributed by atoms with Crippen molar-refractivity contribution in [1.29, 1.82) is 0 Å². The first kappa shape index (κ1) is 35.3. The molecule has 0 amide bonds. The molecule has 0 N–H and O–H groups in total. The van der Waals surface area contributed by atoms with Gasteiger partial charge in [-0.2, -0.15) is 8.78 Å². The molecule has 1 unspecified atom stereocenters. The van der Waals surface area contributed by atoms with Crippen LogP contribution in [-0.2, 0) is 5.57 Å². The molecule has 0 fully saturated rings. The normalized spacial score (nSPS) is 15.7. The molecule has 1 aliphatic carbocycles. The van der Waals surface area contributed by atoms with E-state index in [1.54, 1.807) is 0 Å². The molecule has 5 rings (SSSR count). The van der Waals surface area contributed by atoms with Crippen molar-refractivity contribution in [3.63, 3.8) is 0 Å². The predicted octanol–water partition coefficient (Wildman–Crippen LogP) is 9.55. The van der Waals surface area contributed by atoms with Crippen LogP contribution in [0.25, 0.3) is 17.0 Å². The van der Waals surface area contributed by atoms with E-state index in [-0.39, 0.29) is 12.1 Å². The van der Waals surface area contributed by atoms with Crippen LogP contribution in [0.5, 0.6) is 11.5 Å². The van der Waals surface area contributed by atoms with Crippen LogP contribution in [0, 0.1) is 93.1 Å². The number of rotatable bonds is 6. The van der Waals surface area contributed by atoms with Crippen LogP contribution in [-0.4, -0.2) is 7.12 Å². The second-order valence-electron chi connectivity index (χ2n) is 9.49. The summed E-state index contributed by atoms with van der Waals surface area (Å²) in [6.45, 7) is 0. The van der Waals surface area contributed by atoms with Crippen LogP contribution in [0.3, 0.4) is 0 Å². The lowest BCUT2D eigenvalue weighted by Gasteiger charge is -2.28. The summed E-state index contributed by atoms with van der Waals surface area (Å²) in [6.07, 6.45) is 0. The predicted molar refractivity (Wildman–Crippen MR) is 123 cm³/mol. The molecule has 0 saturated heterocycles. The summed E-state index contributed by atoms with van der Waals surface area (Å²) in [5, 5.41) is 0. The number of benzene rings is 4. The van der Waals surface area contributed by atoms with Gasteiger partial charge in [0.25, 0.3) is 5.57 Å². The minimum atomic E-state index is -5.39. The van der Waals surface area contributed by atoms with Gasteiger partial charge in [0.2, 0.25) is 23.3 Å². The van der Waals surface area contributed by atoms with Crippen LogP contribution in [0.4, 0.5) is 83.4 Å². The Hall–Kier alpha value is -5.05. The second-order valence-corrected chi connectivity index (χ2v) is 9.49.